The van der Waals surface area contributed by atoms with Crippen molar-refractivity contribution < 1.29 is 5.11 Å². The number of guanidine groups is 1. The van der Waals surface area contributed by atoms with Crippen molar-refractivity contribution in [3.05, 3.63) is 22.4 Å². The van der Waals surface area contributed by atoms with Gasteiger partial charge in [-0.05, 0) is 55.7 Å². The number of hydrogen-bond acceptors (Lipinski definition) is 4. The molecule has 0 aliphatic carbocycles. The van der Waals surface area contributed by atoms with Gasteiger partial charge in [0.15, 0.2) is 5.96 Å². The first kappa shape index (κ1) is 16.3. The highest BCUT2D eigenvalue weighted by Crippen LogP contribution is 2.21. The Hall–Kier alpha value is -1.11. The molecule has 0 spiro atoms. The van der Waals surface area contributed by atoms with Crippen molar-refractivity contribution in [2.45, 2.75) is 31.4 Å². The average molecular weight is 310 g/mol. The van der Waals surface area contributed by atoms with Crippen molar-refractivity contribution in [2.24, 2.45) is 4.99 Å². The summed E-state index contributed by atoms with van der Waals surface area (Å²) in [6.07, 6.45) is 2.49. The average Bonchev–Trinajstić information content (AvgIpc) is 3.11. The standard InChI is InChI=1S/C15H26N4OS/c1-15(20,12-6-8-21-10-12)11-18-14(16-2)17-9-13-5-4-7-19(13)3/h6,8,10,13,20H,4-5,7,9,11H2,1-3H3,(H2,16,17,18). The lowest BCUT2D eigenvalue weighted by atomic mass is 9.99. The molecule has 2 atom stereocenters. The van der Waals surface area contributed by atoms with E-state index < -0.39 is 5.60 Å². The Morgan fingerprint density at radius 3 is 2.95 bits per heavy atom. The van der Waals surface area contributed by atoms with Crippen LogP contribution in [0.25, 0.3) is 0 Å². The number of likely N-dealkylation sites (tertiary alicyclic amines) is 1. The molecule has 118 valence electrons. The van der Waals surface area contributed by atoms with Crippen LogP contribution in [-0.2, 0) is 5.60 Å². The molecule has 0 amide bonds. The number of likely N-dealkylation sites (N-methyl/N-ethyl adjacent to an activating group) is 1. The molecule has 3 N–H and O–H groups in total. The van der Waals surface area contributed by atoms with E-state index in [0.717, 1.165) is 18.1 Å². The summed E-state index contributed by atoms with van der Waals surface area (Å²) in [6.45, 7) is 4.31. The fourth-order valence-corrected chi connectivity index (χ4v) is 3.38. The fraction of sp³-hybridized carbons (Fsp3) is 0.667. The summed E-state index contributed by atoms with van der Waals surface area (Å²) < 4.78 is 0. The SMILES string of the molecule is CN=C(NCC1CCCN1C)NCC(C)(O)c1ccsc1. The van der Waals surface area contributed by atoms with Gasteiger partial charge in [0.05, 0.1) is 6.54 Å². The topological polar surface area (TPSA) is 59.9 Å². The zero-order valence-electron chi connectivity index (χ0n) is 13.1. The van der Waals surface area contributed by atoms with Crippen LogP contribution >= 0.6 is 11.3 Å². The molecule has 0 saturated carbocycles. The van der Waals surface area contributed by atoms with Gasteiger partial charge in [-0.15, -0.1) is 0 Å². The van der Waals surface area contributed by atoms with Gasteiger partial charge in [-0.2, -0.15) is 11.3 Å². The van der Waals surface area contributed by atoms with Crippen molar-refractivity contribution >= 4 is 17.3 Å². The Balaban J connectivity index is 1.80. The summed E-state index contributed by atoms with van der Waals surface area (Å²) in [7, 11) is 3.92. The number of aliphatic imine (C=N–C) groups is 1. The van der Waals surface area contributed by atoms with E-state index in [2.05, 4.69) is 27.6 Å². The lowest BCUT2D eigenvalue weighted by Crippen LogP contribution is -2.47. The van der Waals surface area contributed by atoms with Crippen LogP contribution in [-0.4, -0.2) is 55.7 Å². The monoisotopic (exact) mass is 310 g/mol. The van der Waals surface area contributed by atoms with Crippen molar-refractivity contribution in [2.75, 3.05) is 33.7 Å². The largest absolute Gasteiger partial charge is 0.384 e. The molecule has 1 aromatic heterocycles. The maximum Gasteiger partial charge on any atom is 0.191 e. The van der Waals surface area contributed by atoms with E-state index in [1.165, 1.54) is 19.4 Å². The minimum Gasteiger partial charge on any atom is -0.384 e. The van der Waals surface area contributed by atoms with E-state index in [-0.39, 0.29) is 0 Å². The lowest BCUT2D eigenvalue weighted by Gasteiger charge is -2.25. The molecule has 1 aliphatic rings. The minimum absolute atomic E-state index is 0.434. The normalized spacial score (nSPS) is 23.0. The van der Waals surface area contributed by atoms with E-state index in [1.807, 2.05) is 23.8 Å². The van der Waals surface area contributed by atoms with Crippen LogP contribution in [0.5, 0.6) is 0 Å². The second-order valence-electron chi connectivity index (χ2n) is 5.87. The van der Waals surface area contributed by atoms with E-state index >= 15 is 0 Å². The molecule has 0 bridgehead atoms. The van der Waals surface area contributed by atoms with Crippen LogP contribution in [0.15, 0.2) is 21.8 Å². The summed E-state index contributed by atoms with van der Waals surface area (Å²) in [5, 5.41) is 21.0. The number of thiophene rings is 1. The van der Waals surface area contributed by atoms with Crippen LogP contribution in [0.1, 0.15) is 25.3 Å². The maximum atomic E-state index is 10.5. The van der Waals surface area contributed by atoms with Gasteiger partial charge in [-0.3, -0.25) is 4.99 Å². The first-order chi connectivity index (χ1) is 10.0. The van der Waals surface area contributed by atoms with Gasteiger partial charge in [0.1, 0.15) is 5.60 Å². The van der Waals surface area contributed by atoms with Gasteiger partial charge in [0.2, 0.25) is 0 Å². The predicted octanol–water partition coefficient (Wildman–Crippen LogP) is 1.21. The molecule has 6 heteroatoms. The Kier molecular flexibility index (Phi) is 5.61. The molecule has 1 saturated heterocycles. The van der Waals surface area contributed by atoms with Crippen molar-refractivity contribution in [1.29, 1.82) is 0 Å². The molecule has 2 heterocycles. The Labute approximate surface area is 131 Å². The Morgan fingerprint density at radius 1 is 1.57 bits per heavy atom. The zero-order valence-corrected chi connectivity index (χ0v) is 13.9. The highest BCUT2D eigenvalue weighted by molar-refractivity contribution is 7.08. The minimum atomic E-state index is -0.887. The van der Waals surface area contributed by atoms with Crippen LogP contribution in [0.3, 0.4) is 0 Å². The van der Waals surface area contributed by atoms with Gasteiger partial charge < -0.3 is 20.6 Å². The van der Waals surface area contributed by atoms with E-state index in [0.29, 0.717) is 12.6 Å². The smallest absolute Gasteiger partial charge is 0.191 e. The molecule has 5 nitrogen and oxygen atoms in total. The van der Waals surface area contributed by atoms with Crippen LogP contribution < -0.4 is 10.6 Å². The molecular formula is C15H26N4OS. The third-order valence-corrected chi connectivity index (χ3v) is 4.83. The molecule has 0 aromatic carbocycles. The molecule has 2 unspecified atom stereocenters. The number of rotatable bonds is 5. The quantitative estimate of drug-likeness (QED) is 0.565. The number of nitrogens with one attached hydrogen (secondary N) is 2. The van der Waals surface area contributed by atoms with Gasteiger partial charge >= 0.3 is 0 Å². The van der Waals surface area contributed by atoms with Gasteiger partial charge in [-0.1, -0.05) is 0 Å². The van der Waals surface area contributed by atoms with Gasteiger partial charge in [0.25, 0.3) is 0 Å². The summed E-state index contributed by atoms with van der Waals surface area (Å²) in [5.41, 5.74) is 0.0490. The van der Waals surface area contributed by atoms with Crippen LogP contribution in [0.2, 0.25) is 0 Å². The predicted molar refractivity (Wildman–Crippen MR) is 88.9 cm³/mol. The summed E-state index contributed by atoms with van der Waals surface area (Å²) >= 11 is 1.59. The molecular weight excluding hydrogens is 284 g/mol. The molecule has 0 radical (unpaired) electrons. The second kappa shape index (κ2) is 7.24. The van der Waals surface area contributed by atoms with Crippen LogP contribution in [0.4, 0.5) is 0 Å². The van der Waals surface area contributed by atoms with E-state index in [4.69, 9.17) is 0 Å². The number of hydrogen-bond donors (Lipinski definition) is 3. The van der Waals surface area contributed by atoms with Crippen molar-refractivity contribution in [1.82, 2.24) is 15.5 Å². The molecule has 1 fully saturated rings. The van der Waals surface area contributed by atoms with E-state index in [9.17, 15) is 5.11 Å². The van der Waals surface area contributed by atoms with Gasteiger partial charge in [0, 0.05) is 19.6 Å². The first-order valence-electron chi connectivity index (χ1n) is 7.43. The number of aliphatic hydroxyl groups is 1. The molecule has 2 rings (SSSR count). The third-order valence-electron chi connectivity index (χ3n) is 4.14. The van der Waals surface area contributed by atoms with Crippen molar-refractivity contribution in [3.63, 3.8) is 0 Å². The summed E-state index contributed by atoms with van der Waals surface area (Å²) in [6, 6.07) is 2.52. The third kappa shape index (κ3) is 4.43. The van der Waals surface area contributed by atoms with Crippen LogP contribution in [0, 0.1) is 0 Å². The summed E-state index contributed by atoms with van der Waals surface area (Å²) in [4.78, 5) is 6.60. The maximum absolute atomic E-state index is 10.5. The Morgan fingerprint density at radius 2 is 2.38 bits per heavy atom. The fourth-order valence-electron chi connectivity index (χ4n) is 2.60. The Bertz CT molecular complexity index is 458. The molecule has 21 heavy (non-hydrogen) atoms. The molecule has 1 aliphatic heterocycles. The zero-order chi connectivity index (χ0) is 15.3. The van der Waals surface area contributed by atoms with Gasteiger partial charge in [-0.25, -0.2) is 0 Å². The van der Waals surface area contributed by atoms with E-state index in [1.54, 1.807) is 18.4 Å². The first-order valence-corrected chi connectivity index (χ1v) is 8.37. The lowest BCUT2D eigenvalue weighted by molar-refractivity contribution is 0.0621. The highest BCUT2D eigenvalue weighted by Gasteiger charge is 2.24. The number of nitrogens with zero attached hydrogens (tertiary/aromatic N) is 2. The highest BCUT2D eigenvalue weighted by atomic mass is 32.1. The second-order valence-corrected chi connectivity index (χ2v) is 6.65. The summed E-state index contributed by atoms with van der Waals surface area (Å²) in [5.74, 6) is 0.741. The van der Waals surface area contributed by atoms with Crippen molar-refractivity contribution in [3.8, 4) is 0 Å². The molecule has 1 aromatic rings.